The molecule has 3 heterocycles. The first-order valence-electron chi connectivity index (χ1n) is 12.4. The fourth-order valence-corrected chi connectivity index (χ4v) is 6.96. The van der Waals surface area contributed by atoms with Gasteiger partial charge in [-0.05, 0) is 53.9 Å². The first kappa shape index (κ1) is 22.8. The van der Waals surface area contributed by atoms with E-state index in [-0.39, 0.29) is 47.2 Å². The van der Waals surface area contributed by atoms with Crippen LogP contribution in [-0.4, -0.2) is 47.4 Å². The number of halogens is 1. The van der Waals surface area contributed by atoms with E-state index in [4.69, 9.17) is 0 Å². The van der Waals surface area contributed by atoms with Gasteiger partial charge in [-0.15, -0.1) is 11.8 Å². The number of carbonyl (C=O) groups is 2. The van der Waals surface area contributed by atoms with Crippen molar-refractivity contribution in [3.8, 4) is 0 Å². The fourth-order valence-electron chi connectivity index (χ4n) is 5.82. The quantitative estimate of drug-likeness (QED) is 0.612. The first-order chi connectivity index (χ1) is 17.1. The van der Waals surface area contributed by atoms with Crippen LogP contribution in [0.15, 0.2) is 53.9 Å². The molecule has 0 radical (unpaired) electrons. The normalized spacial score (nSPS) is 28.7. The Morgan fingerprint density at radius 3 is 2.66 bits per heavy atom. The van der Waals surface area contributed by atoms with Crippen molar-refractivity contribution in [2.45, 2.75) is 49.3 Å². The molecule has 6 rings (SSSR count). The Labute approximate surface area is 208 Å². The molecule has 0 bridgehead atoms. The number of benzene rings is 2. The number of aryl methyl sites for hydroxylation is 1. The van der Waals surface area contributed by atoms with Crippen molar-refractivity contribution < 1.29 is 14.0 Å². The average Bonchev–Trinajstić information content (AvgIpc) is 3.49. The lowest BCUT2D eigenvalue weighted by atomic mass is 9.93. The lowest BCUT2D eigenvalue weighted by molar-refractivity contribution is -0.130. The zero-order chi connectivity index (χ0) is 23.9. The van der Waals surface area contributed by atoms with Gasteiger partial charge in [0, 0.05) is 24.6 Å². The molecule has 3 N–H and O–H groups in total. The van der Waals surface area contributed by atoms with Crippen LogP contribution in [0.25, 0.3) is 5.57 Å². The SMILES string of the molecule is O=C(NC1CCc2ccccc21)C1CCN(C2NC(=O)C3SC=C(c4ccccc4F)C3N2)CC1. The lowest BCUT2D eigenvalue weighted by Crippen LogP contribution is -2.68. The van der Waals surface area contributed by atoms with Crippen LogP contribution in [0.5, 0.6) is 0 Å². The van der Waals surface area contributed by atoms with Gasteiger partial charge < -0.3 is 10.6 Å². The molecule has 6 nitrogen and oxygen atoms in total. The van der Waals surface area contributed by atoms with Crippen molar-refractivity contribution in [3.05, 3.63) is 76.4 Å². The minimum Gasteiger partial charge on any atom is -0.349 e. The number of hydrogen-bond acceptors (Lipinski definition) is 5. The molecule has 8 heteroatoms. The molecule has 0 spiro atoms. The highest BCUT2D eigenvalue weighted by Gasteiger charge is 2.44. The van der Waals surface area contributed by atoms with Crippen molar-refractivity contribution >= 4 is 29.1 Å². The third kappa shape index (κ3) is 4.28. The molecule has 182 valence electrons. The number of thioether (sulfide) groups is 1. The van der Waals surface area contributed by atoms with Crippen molar-refractivity contribution in [1.82, 2.24) is 20.9 Å². The van der Waals surface area contributed by atoms with E-state index in [1.807, 2.05) is 17.5 Å². The van der Waals surface area contributed by atoms with Gasteiger partial charge in [-0.25, -0.2) is 4.39 Å². The number of likely N-dealkylation sites (tertiary alicyclic amines) is 1. The van der Waals surface area contributed by atoms with Gasteiger partial charge in [0.1, 0.15) is 17.4 Å². The van der Waals surface area contributed by atoms with Crippen molar-refractivity contribution in [1.29, 1.82) is 0 Å². The Morgan fingerprint density at radius 1 is 1.06 bits per heavy atom. The summed E-state index contributed by atoms with van der Waals surface area (Å²) < 4.78 is 14.5. The van der Waals surface area contributed by atoms with Crippen molar-refractivity contribution in [2.75, 3.05) is 13.1 Å². The summed E-state index contributed by atoms with van der Waals surface area (Å²) in [6.45, 7) is 1.42. The van der Waals surface area contributed by atoms with Gasteiger partial charge in [-0.2, -0.15) is 0 Å². The van der Waals surface area contributed by atoms with Crippen molar-refractivity contribution in [2.24, 2.45) is 5.92 Å². The molecule has 2 amide bonds. The van der Waals surface area contributed by atoms with E-state index in [1.54, 1.807) is 12.1 Å². The van der Waals surface area contributed by atoms with Crippen LogP contribution < -0.4 is 16.0 Å². The van der Waals surface area contributed by atoms with Crippen LogP contribution >= 0.6 is 11.8 Å². The third-order valence-electron chi connectivity index (χ3n) is 7.75. The summed E-state index contributed by atoms with van der Waals surface area (Å²) in [6.07, 6.45) is 3.13. The Kier molecular flexibility index (Phi) is 6.12. The first-order valence-corrected chi connectivity index (χ1v) is 13.3. The molecule has 2 aromatic rings. The van der Waals surface area contributed by atoms with Gasteiger partial charge in [-0.3, -0.25) is 19.8 Å². The van der Waals surface area contributed by atoms with E-state index in [2.05, 4.69) is 39.0 Å². The van der Waals surface area contributed by atoms with Gasteiger partial charge in [0.2, 0.25) is 11.8 Å². The number of hydrogen-bond donors (Lipinski definition) is 3. The average molecular weight is 493 g/mol. The maximum absolute atomic E-state index is 14.5. The van der Waals surface area contributed by atoms with Crippen LogP contribution in [0, 0.1) is 11.7 Å². The summed E-state index contributed by atoms with van der Waals surface area (Å²) in [5.74, 6) is -0.210. The molecule has 3 aliphatic heterocycles. The number of fused-ring (bicyclic) bond motifs is 2. The molecule has 0 saturated carbocycles. The topological polar surface area (TPSA) is 73.5 Å². The Balaban J connectivity index is 1.07. The number of carbonyl (C=O) groups excluding carboxylic acids is 2. The molecule has 4 aliphatic rings. The second kappa shape index (κ2) is 9.41. The number of piperidine rings is 1. The van der Waals surface area contributed by atoms with Crippen LogP contribution in [-0.2, 0) is 16.0 Å². The highest BCUT2D eigenvalue weighted by molar-refractivity contribution is 8.04. The van der Waals surface area contributed by atoms with Crippen LogP contribution in [0.4, 0.5) is 4.39 Å². The standard InChI is InChI=1S/C27H29FN4O2S/c28-21-8-4-3-7-19(21)20-15-35-24-23(20)30-27(31-26(24)34)32-13-11-17(12-14-32)25(33)29-22-10-9-16-5-1-2-6-18(16)22/h1-8,15,17,22-24,27,30H,9-14H2,(H,29,33)(H,31,34). The summed E-state index contributed by atoms with van der Waals surface area (Å²) in [5.41, 5.74) is 3.94. The molecule has 2 saturated heterocycles. The maximum atomic E-state index is 14.5. The molecule has 4 unspecified atom stereocenters. The monoisotopic (exact) mass is 492 g/mol. The Hall–Kier alpha value is -2.68. The van der Waals surface area contributed by atoms with Crippen molar-refractivity contribution in [3.63, 3.8) is 0 Å². The van der Waals surface area contributed by atoms with E-state index in [9.17, 15) is 14.0 Å². The van der Waals surface area contributed by atoms with E-state index >= 15 is 0 Å². The zero-order valence-electron chi connectivity index (χ0n) is 19.4. The highest BCUT2D eigenvalue weighted by Crippen LogP contribution is 2.39. The molecular formula is C27H29FN4O2S. The molecule has 35 heavy (non-hydrogen) atoms. The van der Waals surface area contributed by atoms with Gasteiger partial charge >= 0.3 is 0 Å². The number of nitrogens with zero attached hydrogens (tertiary/aromatic N) is 1. The fraction of sp³-hybridized carbons (Fsp3) is 0.407. The maximum Gasteiger partial charge on any atom is 0.237 e. The second-order valence-electron chi connectivity index (χ2n) is 9.77. The zero-order valence-corrected chi connectivity index (χ0v) is 20.2. The smallest absolute Gasteiger partial charge is 0.237 e. The van der Waals surface area contributed by atoms with E-state index < -0.39 is 0 Å². The van der Waals surface area contributed by atoms with Crippen LogP contribution in [0.1, 0.15) is 42.0 Å². The van der Waals surface area contributed by atoms with Gasteiger partial charge in [0.25, 0.3) is 0 Å². The summed E-state index contributed by atoms with van der Waals surface area (Å²) in [6, 6.07) is 14.9. The van der Waals surface area contributed by atoms with Crippen LogP contribution in [0.3, 0.4) is 0 Å². The highest BCUT2D eigenvalue weighted by atomic mass is 32.2. The van der Waals surface area contributed by atoms with Gasteiger partial charge in [0.05, 0.1) is 12.1 Å². The Morgan fingerprint density at radius 2 is 1.83 bits per heavy atom. The molecular weight excluding hydrogens is 463 g/mol. The summed E-state index contributed by atoms with van der Waals surface area (Å²) in [4.78, 5) is 28.1. The molecule has 1 aliphatic carbocycles. The van der Waals surface area contributed by atoms with Crippen LogP contribution in [0.2, 0.25) is 0 Å². The minimum absolute atomic E-state index is 0.0260. The predicted octanol–water partition coefficient (Wildman–Crippen LogP) is 3.17. The molecule has 2 aromatic carbocycles. The summed E-state index contributed by atoms with van der Waals surface area (Å²) >= 11 is 1.43. The van der Waals surface area contributed by atoms with E-state index in [1.165, 1.54) is 29.0 Å². The number of amides is 2. The second-order valence-corrected chi connectivity index (χ2v) is 10.8. The third-order valence-corrected chi connectivity index (χ3v) is 8.92. The van der Waals surface area contributed by atoms with E-state index in [0.29, 0.717) is 18.7 Å². The van der Waals surface area contributed by atoms with Gasteiger partial charge in [-0.1, -0.05) is 42.5 Å². The number of nitrogens with one attached hydrogen (secondary N) is 3. The predicted molar refractivity (Wildman–Crippen MR) is 135 cm³/mol. The van der Waals surface area contributed by atoms with Gasteiger partial charge in [0.15, 0.2) is 0 Å². The summed E-state index contributed by atoms with van der Waals surface area (Å²) in [7, 11) is 0. The molecule has 0 aromatic heterocycles. The minimum atomic E-state index is -0.330. The van der Waals surface area contributed by atoms with E-state index in [0.717, 1.165) is 31.3 Å². The number of rotatable bonds is 4. The Bertz CT molecular complexity index is 1180. The molecule has 4 atom stereocenters. The molecule has 2 fully saturated rings. The largest absolute Gasteiger partial charge is 0.349 e. The lowest BCUT2D eigenvalue weighted by Gasteiger charge is -2.43. The summed E-state index contributed by atoms with van der Waals surface area (Å²) in [5, 5.41) is 11.5.